The van der Waals surface area contributed by atoms with Crippen molar-refractivity contribution in [3.05, 3.63) is 58.7 Å². The summed E-state index contributed by atoms with van der Waals surface area (Å²) < 4.78 is 54.7. The van der Waals surface area contributed by atoms with Gasteiger partial charge in [-0.2, -0.15) is 0 Å². The van der Waals surface area contributed by atoms with Gasteiger partial charge >= 0.3 is 0 Å². The van der Waals surface area contributed by atoms with E-state index in [-0.39, 0.29) is 24.0 Å². The summed E-state index contributed by atoms with van der Waals surface area (Å²) in [4.78, 5) is 0.718. The van der Waals surface area contributed by atoms with Gasteiger partial charge in [0.1, 0.15) is 23.3 Å². The fraction of sp³-hybridized carbons (Fsp3) is 0.250. The van der Waals surface area contributed by atoms with Crippen molar-refractivity contribution >= 4 is 21.6 Å². The first-order valence-electron chi connectivity index (χ1n) is 6.76. The molecule has 0 aliphatic heterocycles. The van der Waals surface area contributed by atoms with Gasteiger partial charge in [-0.3, -0.25) is 0 Å². The third kappa shape index (κ3) is 3.79. The molecule has 0 saturated heterocycles. The highest BCUT2D eigenvalue weighted by atomic mass is 33.1. The normalized spacial score (nSPS) is 11.0. The SMILES string of the molecule is CCc1c(F)cc(SSc2cc(F)c(CC)c(F)c2)cc1F. The molecule has 2 aromatic carbocycles. The minimum Gasteiger partial charge on any atom is -0.207 e. The Bertz CT molecular complexity index is 580. The second kappa shape index (κ2) is 7.42. The van der Waals surface area contributed by atoms with E-state index in [1.807, 2.05) is 0 Å². The van der Waals surface area contributed by atoms with Crippen molar-refractivity contribution in [2.75, 3.05) is 0 Å². The van der Waals surface area contributed by atoms with Crippen molar-refractivity contribution in [3.63, 3.8) is 0 Å². The molecule has 6 heteroatoms. The van der Waals surface area contributed by atoms with Gasteiger partial charge in [-0.25, -0.2) is 17.6 Å². The molecule has 22 heavy (non-hydrogen) atoms. The van der Waals surface area contributed by atoms with Crippen LogP contribution in [0.5, 0.6) is 0 Å². The van der Waals surface area contributed by atoms with Crippen LogP contribution in [0.2, 0.25) is 0 Å². The lowest BCUT2D eigenvalue weighted by Crippen LogP contribution is -1.94. The molecule has 0 saturated carbocycles. The van der Waals surface area contributed by atoms with Gasteiger partial charge in [-0.15, -0.1) is 0 Å². The van der Waals surface area contributed by atoms with Crippen molar-refractivity contribution in [1.82, 2.24) is 0 Å². The van der Waals surface area contributed by atoms with Gasteiger partial charge in [0.2, 0.25) is 0 Å². The molecular formula is C16H14F4S2. The summed E-state index contributed by atoms with van der Waals surface area (Å²) in [7, 11) is 2.11. The van der Waals surface area contributed by atoms with Crippen LogP contribution < -0.4 is 0 Å². The Hall–Kier alpha value is -1.14. The van der Waals surface area contributed by atoms with Gasteiger partial charge in [0.15, 0.2) is 0 Å². The van der Waals surface area contributed by atoms with Crippen molar-refractivity contribution in [2.24, 2.45) is 0 Å². The fourth-order valence-corrected chi connectivity index (χ4v) is 3.98. The molecule has 0 atom stereocenters. The van der Waals surface area contributed by atoms with E-state index in [2.05, 4.69) is 0 Å². The second-order valence-electron chi connectivity index (χ2n) is 4.60. The predicted octanol–water partition coefficient (Wildman–Crippen LogP) is 6.17. The second-order valence-corrected chi connectivity index (χ2v) is 6.88. The number of halogens is 4. The third-order valence-electron chi connectivity index (χ3n) is 3.17. The maximum Gasteiger partial charge on any atom is 0.130 e. The van der Waals surface area contributed by atoms with E-state index in [0.717, 1.165) is 21.6 Å². The van der Waals surface area contributed by atoms with Crippen LogP contribution in [0.3, 0.4) is 0 Å². The predicted molar refractivity (Wildman–Crippen MR) is 83.2 cm³/mol. The molecule has 0 fully saturated rings. The zero-order valence-corrected chi connectivity index (χ0v) is 13.7. The zero-order chi connectivity index (χ0) is 16.3. The Labute approximate surface area is 134 Å². The van der Waals surface area contributed by atoms with Crippen molar-refractivity contribution in [1.29, 1.82) is 0 Å². The lowest BCUT2D eigenvalue weighted by atomic mass is 10.1. The third-order valence-corrected chi connectivity index (χ3v) is 5.51. The number of rotatable bonds is 5. The highest BCUT2D eigenvalue weighted by molar-refractivity contribution is 8.76. The van der Waals surface area contributed by atoms with Gasteiger partial charge in [0, 0.05) is 20.9 Å². The first kappa shape index (κ1) is 17.2. The molecule has 2 aromatic rings. The molecule has 0 unspecified atom stereocenters. The Kier molecular flexibility index (Phi) is 5.81. The molecule has 0 nitrogen and oxygen atoms in total. The van der Waals surface area contributed by atoms with Crippen molar-refractivity contribution in [3.8, 4) is 0 Å². The highest BCUT2D eigenvalue weighted by Gasteiger charge is 2.12. The Morgan fingerprint density at radius 1 is 0.636 bits per heavy atom. The average Bonchev–Trinajstić information content (AvgIpc) is 2.44. The van der Waals surface area contributed by atoms with Crippen LogP contribution in [0.1, 0.15) is 25.0 Å². The highest BCUT2D eigenvalue weighted by Crippen LogP contribution is 2.39. The first-order valence-corrected chi connectivity index (χ1v) is 8.91. The van der Waals surface area contributed by atoms with E-state index in [4.69, 9.17) is 0 Å². The molecule has 0 amide bonds. The zero-order valence-electron chi connectivity index (χ0n) is 12.1. The maximum atomic E-state index is 13.7. The number of hydrogen-bond donors (Lipinski definition) is 0. The van der Waals surface area contributed by atoms with Gasteiger partial charge in [-0.05, 0) is 37.1 Å². The van der Waals surface area contributed by atoms with Crippen molar-refractivity contribution < 1.29 is 17.6 Å². The molecule has 0 radical (unpaired) electrons. The van der Waals surface area contributed by atoms with E-state index < -0.39 is 23.3 Å². The van der Waals surface area contributed by atoms with Crippen LogP contribution in [0.4, 0.5) is 17.6 Å². The van der Waals surface area contributed by atoms with Crippen LogP contribution in [-0.2, 0) is 12.8 Å². The fourth-order valence-electron chi connectivity index (χ4n) is 2.03. The average molecular weight is 346 g/mol. The number of benzene rings is 2. The molecule has 118 valence electrons. The minimum atomic E-state index is -0.607. The standard InChI is InChI=1S/C16H14F4S2/c1-3-11-13(17)5-9(6-14(11)18)21-22-10-7-15(19)12(4-2)16(20)8-10/h5-8H,3-4H2,1-2H3. The molecule has 0 aliphatic rings. The molecule has 0 aliphatic carbocycles. The lowest BCUT2D eigenvalue weighted by Gasteiger charge is -2.08. The summed E-state index contributed by atoms with van der Waals surface area (Å²) in [5, 5.41) is 0. The molecule has 2 rings (SSSR count). The number of hydrogen-bond acceptors (Lipinski definition) is 2. The Balaban J connectivity index is 2.17. The van der Waals surface area contributed by atoms with Gasteiger partial charge in [0.25, 0.3) is 0 Å². The Morgan fingerprint density at radius 3 is 1.14 bits per heavy atom. The summed E-state index contributed by atoms with van der Waals surface area (Å²) in [6, 6.07) is 4.92. The summed E-state index contributed by atoms with van der Waals surface area (Å²) in [5.41, 5.74) is 0.0810. The van der Waals surface area contributed by atoms with Crippen LogP contribution in [0.15, 0.2) is 34.1 Å². The van der Waals surface area contributed by atoms with Crippen LogP contribution in [0.25, 0.3) is 0 Å². The maximum absolute atomic E-state index is 13.7. The monoisotopic (exact) mass is 346 g/mol. The Morgan fingerprint density at radius 2 is 0.909 bits per heavy atom. The van der Waals surface area contributed by atoms with Gasteiger partial charge in [0.05, 0.1) is 0 Å². The van der Waals surface area contributed by atoms with Crippen molar-refractivity contribution in [2.45, 2.75) is 36.5 Å². The minimum absolute atomic E-state index is 0.0405. The summed E-state index contributed by atoms with van der Waals surface area (Å²) in [5.74, 6) is -2.43. The quantitative estimate of drug-likeness (QED) is 0.469. The van der Waals surface area contributed by atoms with Crippen LogP contribution in [-0.4, -0.2) is 0 Å². The molecule has 0 N–H and O–H groups in total. The molecule has 0 spiro atoms. The summed E-state index contributed by atoms with van der Waals surface area (Å²) >= 11 is 0. The topological polar surface area (TPSA) is 0 Å². The van der Waals surface area contributed by atoms with E-state index in [1.165, 1.54) is 24.3 Å². The molecule has 0 heterocycles. The van der Waals surface area contributed by atoms with Gasteiger partial charge in [-0.1, -0.05) is 35.4 Å². The molecule has 0 aromatic heterocycles. The lowest BCUT2D eigenvalue weighted by molar-refractivity contribution is 0.552. The summed E-state index contributed by atoms with van der Waals surface area (Å²) in [6.07, 6.45) is 0.537. The molecular weight excluding hydrogens is 332 g/mol. The molecule has 0 bridgehead atoms. The van der Waals surface area contributed by atoms with Gasteiger partial charge < -0.3 is 0 Å². The van der Waals surface area contributed by atoms with E-state index in [1.54, 1.807) is 13.8 Å². The smallest absolute Gasteiger partial charge is 0.130 e. The van der Waals surface area contributed by atoms with E-state index in [9.17, 15) is 17.6 Å². The first-order chi connectivity index (χ1) is 10.5. The van der Waals surface area contributed by atoms with Crippen LogP contribution in [0, 0.1) is 23.3 Å². The van der Waals surface area contributed by atoms with Crippen LogP contribution >= 0.6 is 21.6 Å². The van der Waals surface area contributed by atoms with E-state index in [0.29, 0.717) is 9.79 Å². The largest absolute Gasteiger partial charge is 0.207 e. The van der Waals surface area contributed by atoms with E-state index >= 15 is 0 Å². The summed E-state index contributed by atoms with van der Waals surface area (Å²) in [6.45, 7) is 3.34.